The van der Waals surface area contributed by atoms with E-state index in [0.29, 0.717) is 24.9 Å². The molecule has 3 aromatic carbocycles. The molecule has 1 saturated heterocycles. The van der Waals surface area contributed by atoms with Gasteiger partial charge < -0.3 is 15.1 Å². The van der Waals surface area contributed by atoms with Crippen LogP contribution in [-0.4, -0.2) is 43.9 Å². The molecule has 244 valence electrons. The Morgan fingerprint density at radius 2 is 1.40 bits per heavy atom. The van der Waals surface area contributed by atoms with Crippen molar-refractivity contribution < 1.29 is 27.8 Å². The van der Waals surface area contributed by atoms with Crippen LogP contribution in [0.3, 0.4) is 0 Å². The highest BCUT2D eigenvalue weighted by Gasteiger charge is 2.48. The number of halogens is 1. The number of hydrogen-bond donors (Lipinski definition) is 3. The summed E-state index contributed by atoms with van der Waals surface area (Å²) in [4.78, 5) is 15.5. The van der Waals surface area contributed by atoms with Crippen molar-refractivity contribution in [2.75, 3.05) is 24.3 Å². The zero-order chi connectivity index (χ0) is 32.2. The number of nitrogens with zero attached hydrogens (tertiary/aromatic N) is 1. The van der Waals surface area contributed by atoms with E-state index in [1.807, 2.05) is 17.0 Å². The molecular weight excluding hydrogens is 591 g/mol. The van der Waals surface area contributed by atoms with E-state index in [9.17, 15) is 22.7 Å². The van der Waals surface area contributed by atoms with Gasteiger partial charge in [0.05, 0.1) is 24.3 Å². The second kappa shape index (κ2) is 17.0. The highest BCUT2D eigenvalue weighted by atomic mass is 32.2. The molecule has 0 bridgehead atoms. The van der Waals surface area contributed by atoms with Gasteiger partial charge in [-0.1, -0.05) is 67.8 Å². The number of carbonyl (C=O) groups is 1. The van der Waals surface area contributed by atoms with Crippen LogP contribution in [-0.2, 0) is 27.7 Å². The summed E-state index contributed by atoms with van der Waals surface area (Å²) in [7, 11) is -3.15. The van der Waals surface area contributed by atoms with Gasteiger partial charge in [-0.05, 0) is 97.9 Å². The molecule has 0 saturated carbocycles. The van der Waals surface area contributed by atoms with Crippen LogP contribution in [0.15, 0.2) is 72.8 Å². The number of nitrogens with one attached hydrogen (secondary N) is 1. The molecule has 9 heteroatoms. The van der Waals surface area contributed by atoms with Crippen molar-refractivity contribution in [2.45, 2.75) is 82.8 Å². The first-order valence-electron chi connectivity index (χ1n) is 16.2. The normalized spacial score (nSPS) is 17.3. The van der Waals surface area contributed by atoms with E-state index in [1.54, 1.807) is 12.1 Å². The molecule has 0 aliphatic carbocycles. The molecule has 1 aliphatic rings. The Morgan fingerprint density at radius 3 is 2.00 bits per heavy atom. The van der Waals surface area contributed by atoms with E-state index >= 15 is 0 Å². The van der Waals surface area contributed by atoms with Crippen LogP contribution < -0.4 is 9.62 Å². The van der Waals surface area contributed by atoms with Crippen LogP contribution in [0, 0.1) is 11.7 Å². The topological polar surface area (TPSA) is 107 Å². The average Bonchev–Trinajstić information content (AvgIpc) is 3.02. The molecule has 0 unspecified atom stereocenters. The molecule has 3 N–H and O–H groups in total. The quantitative estimate of drug-likeness (QED) is 0.104. The van der Waals surface area contributed by atoms with Crippen molar-refractivity contribution in [3.63, 3.8) is 0 Å². The second-order valence-corrected chi connectivity index (χ2v) is 14.0. The molecule has 1 fully saturated rings. The number of aryl methyl sites for hydroxylation is 2. The van der Waals surface area contributed by atoms with Gasteiger partial charge in [0, 0.05) is 18.8 Å². The lowest BCUT2D eigenvalue weighted by Crippen LogP contribution is -2.55. The van der Waals surface area contributed by atoms with Crippen molar-refractivity contribution in [2.24, 2.45) is 5.92 Å². The van der Waals surface area contributed by atoms with E-state index in [1.165, 1.54) is 29.5 Å². The van der Waals surface area contributed by atoms with Crippen molar-refractivity contribution in [3.8, 4) is 0 Å². The maximum absolute atomic E-state index is 13.6. The standard InChI is InChI=1S/C36H47FN2O5S/c1-45(43,44)38-25-7-4-6-10-28-13-21-32(22-14-28)39-35(30-15-11-27(12-16-30)9-5-2-3-8-26-40)33(36(39)42)23-24-34(41)29-17-19-31(37)20-18-29/h11-22,33-35,38,40-41H,2-10,23-26H2,1H3/t33-,34+,35-/m1/s1. The fraction of sp³-hybridized carbons (Fsp3) is 0.472. The lowest BCUT2D eigenvalue weighted by molar-refractivity contribution is -0.131. The number of aliphatic hydroxyl groups excluding tert-OH is 2. The molecule has 0 aromatic heterocycles. The maximum Gasteiger partial charge on any atom is 0.233 e. The number of unbranched alkanes of at least 4 members (excludes halogenated alkanes) is 5. The summed E-state index contributed by atoms with van der Waals surface area (Å²) in [5, 5.41) is 19.8. The van der Waals surface area contributed by atoms with Crippen LogP contribution in [0.1, 0.15) is 92.2 Å². The minimum atomic E-state index is -3.15. The Morgan fingerprint density at radius 1 is 0.822 bits per heavy atom. The van der Waals surface area contributed by atoms with Gasteiger partial charge in [0.2, 0.25) is 15.9 Å². The summed E-state index contributed by atoms with van der Waals surface area (Å²) in [5.74, 6) is -0.590. The highest BCUT2D eigenvalue weighted by Crippen LogP contribution is 2.46. The van der Waals surface area contributed by atoms with Crippen LogP contribution in [0.5, 0.6) is 0 Å². The Bertz CT molecular complexity index is 1450. The molecule has 0 spiro atoms. The number of hydrogen-bond acceptors (Lipinski definition) is 5. The Balaban J connectivity index is 1.41. The van der Waals surface area contributed by atoms with Crippen molar-refractivity contribution >= 4 is 21.6 Å². The van der Waals surface area contributed by atoms with E-state index in [-0.39, 0.29) is 30.3 Å². The van der Waals surface area contributed by atoms with Crippen molar-refractivity contribution in [3.05, 3.63) is 101 Å². The summed E-state index contributed by atoms with van der Waals surface area (Å²) in [5.41, 5.74) is 4.96. The molecule has 1 heterocycles. The molecule has 7 nitrogen and oxygen atoms in total. The predicted octanol–water partition coefficient (Wildman–Crippen LogP) is 6.40. The highest BCUT2D eigenvalue weighted by molar-refractivity contribution is 7.88. The largest absolute Gasteiger partial charge is 0.396 e. The van der Waals surface area contributed by atoms with Gasteiger partial charge >= 0.3 is 0 Å². The van der Waals surface area contributed by atoms with E-state index < -0.39 is 16.1 Å². The van der Waals surface area contributed by atoms with Gasteiger partial charge in [-0.2, -0.15) is 0 Å². The van der Waals surface area contributed by atoms with E-state index in [0.717, 1.165) is 69.0 Å². The van der Waals surface area contributed by atoms with E-state index in [2.05, 4.69) is 41.1 Å². The van der Waals surface area contributed by atoms with Crippen LogP contribution in [0.25, 0.3) is 0 Å². The summed E-state index contributed by atoms with van der Waals surface area (Å²) < 4.78 is 38.3. The molecule has 0 radical (unpaired) electrons. The molecule has 1 amide bonds. The number of rotatable bonds is 19. The first kappa shape index (κ1) is 34.8. The van der Waals surface area contributed by atoms with Crippen molar-refractivity contribution in [1.29, 1.82) is 0 Å². The summed E-state index contributed by atoms with van der Waals surface area (Å²) in [6, 6.07) is 22.3. The third-order valence-electron chi connectivity index (χ3n) is 8.64. The van der Waals surface area contributed by atoms with Crippen LogP contribution in [0.4, 0.5) is 10.1 Å². The lowest BCUT2D eigenvalue weighted by atomic mass is 9.78. The average molecular weight is 639 g/mol. The lowest BCUT2D eigenvalue weighted by Gasteiger charge is -2.48. The van der Waals surface area contributed by atoms with Gasteiger partial charge in [0.25, 0.3) is 0 Å². The molecular formula is C36H47FN2O5S. The number of carbonyl (C=O) groups excluding carboxylic acids is 1. The number of amides is 1. The first-order valence-corrected chi connectivity index (χ1v) is 18.1. The van der Waals surface area contributed by atoms with Gasteiger partial charge in [-0.15, -0.1) is 0 Å². The number of sulfonamides is 1. The zero-order valence-electron chi connectivity index (χ0n) is 26.2. The number of benzene rings is 3. The van der Waals surface area contributed by atoms with E-state index in [4.69, 9.17) is 5.11 Å². The third-order valence-corrected chi connectivity index (χ3v) is 9.36. The fourth-order valence-electron chi connectivity index (χ4n) is 6.08. The Hall–Kier alpha value is -3.11. The van der Waals surface area contributed by atoms with Crippen LogP contribution in [0.2, 0.25) is 0 Å². The molecule has 1 aliphatic heterocycles. The number of aliphatic hydroxyl groups is 2. The van der Waals surface area contributed by atoms with Gasteiger partial charge in [0.15, 0.2) is 0 Å². The summed E-state index contributed by atoms with van der Waals surface area (Å²) in [6.45, 7) is 0.687. The van der Waals surface area contributed by atoms with Gasteiger partial charge in [0.1, 0.15) is 5.82 Å². The molecule has 3 aromatic rings. The third kappa shape index (κ3) is 10.5. The number of β-lactam (4-membered cyclic amide) rings is 1. The SMILES string of the molecule is CS(=O)(=O)NCCCCCc1ccc(N2C(=O)[C@H](CC[C@H](O)c3ccc(F)cc3)[C@H]2c2ccc(CCCCCCO)cc2)cc1. The molecule has 4 rings (SSSR count). The van der Waals surface area contributed by atoms with Crippen molar-refractivity contribution in [1.82, 2.24) is 4.72 Å². The van der Waals surface area contributed by atoms with Gasteiger partial charge in [-0.3, -0.25) is 4.79 Å². The first-order chi connectivity index (χ1) is 21.7. The Labute approximate surface area is 267 Å². The molecule has 45 heavy (non-hydrogen) atoms. The smallest absolute Gasteiger partial charge is 0.233 e. The summed E-state index contributed by atoms with van der Waals surface area (Å²) >= 11 is 0. The number of anilines is 1. The Kier molecular flexibility index (Phi) is 13.1. The van der Waals surface area contributed by atoms with Gasteiger partial charge in [-0.25, -0.2) is 17.5 Å². The molecule has 3 atom stereocenters. The summed E-state index contributed by atoms with van der Waals surface area (Å²) in [6.07, 6.45) is 9.83. The minimum Gasteiger partial charge on any atom is -0.396 e. The zero-order valence-corrected chi connectivity index (χ0v) is 27.0. The fourth-order valence-corrected chi connectivity index (χ4v) is 6.59. The monoisotopic (exact) mass is 638 g/mol. The predicted molar refractivity (Wildman–Crippen MR) is 177 cm³/mol. The maximum atomic E-state index is 13.6. The minimum absolute atomic E-state index is 0.0328. The van der Waals surface area contributed by atoms with Crippen LogP contribution >= 0.6 is 0 Å². The second-order valence-electron chi connectivity index (χ2n) is 12.2.